The number of hydrogen-bond donors (Lipinski definition) is 1. The van der Waals surface area contributed by atoms with E-state index in [1.807, 2.05) is 35.2 Å². The van der Waals surface area contributed by atoms with Crippen LogP contribution in [0.2, 0.25) is 0 Å². The Bertz CT molecular complexity index is 891. The van der Waals surface area contributed by atoms with Gasteiger partial charge in [-0.25, -0.2) is 0 Å². The van der Waals surface area contributed by atoms with Gasteiger partial charge in [-0.1, -0.05) is 12.1 Å². The van der Waals surface area contributed by atoms with E-state index in [0.29, 0.717) is 5.69 Å². The molecule has 1 spiro atoms. The van der Waals surface area contributed by atoms with Crippen LogP contribution in [0.25, 0.3) is 11.3 Å². The topological polar surface area (TPSA) is 61.5 Å². The zero-order valence-corrected chi connectivity index (χ0v) is 17.2. The Kier molecular flexibility index (Phi) is 4.82. The number of carbonyl (C=O) groups is 1. The molecule has 1 atom stereocenters. The minimum atomic E-state index is 0.0647. The number of rotatable bonds is 5. The van der Waals surface area contributed by atoms with Gasteiger partial charge >= 0.3 is 0 Å². The molecular weight excluding hydrogens is 364 g/mol. The third-order valence-corrected chi connectivity index (χ3v) is 6.87. The summed E-state index contributed by atoms with van der Waals surface area (Å²) in [6.07, 6.45) is 6.43. The third kappa shape index (κ3) is 3.78. The maximum atomic E-state index is 13.2. The highest BCUT2D eigenvalue weighted by Gasteiger charge is 2.43. The van der Waals surface area contributed by atoms with E-state index in [1.165, 1.54) is 38.8 Å². The van der Waals surface area contributed by atoms with E-state index in [2.05, 4.69) is 15.1 Å². The van der Waals surface area contributed by atoms with Crippen LogP contribution in [0.1, 0.15) is 42.6 Å². The molecule has 0 bridgehead atoms. The molecule has 1 N–H and O–H groups in total. The quantitative estimate of drug-likeness (QED) is 0.844. The Balaban J connectivity index is 1.27. The summed E-state index contributed by atoms with van der Waals surface area (Å²) in [4.78, 5) is 17.8. The van der Waals surface area contributed by atoms with Crippen molar-refractivity contribution >= 4 is 5.91 Å². The van der Waals surface area contributed by atoms with Crippen molar-refractivity contribution < 1.29 is 9.53 Å². The summed E-state index contributed by atoms with van der Waals surface area (Å²) >= 11 is 0. The van der Waals surface area contributed by atoms with Gasteiger partial charge in [0.1, 0.15) is 11.4 Å². The number of ether oxygens (including phenoxy) is 1. The molecule has 6 nitrogen and oxygen atoms in total. The van der Waals surface area contributed by atoms with Crippen molar-refractivity contribution in [1.82, 2.24) is 20.0 Å². The van der Waals surface area contributed by atoms with E-state index in [4.69, 9.17) is 4.74 Å². The second-order valence-electron chi connectivity index (χ2n) is 9.13. The molecule has 2 aromatic rings. The minimum absolute atomic E-state index is 0.0647. The zero-order chi connectivity index (χ0) is 19.8. The molecule has 0 radical (unpaired) electrons. The summed E-state index contributed by atoms with van der Waals surface area (Å²) in [5.74, 6) is 1.76. The number of nitrogens with one attached hydrogen (secondary N) is 1. The Hall–Kier alpha value is -2.34. The Labute approximate surface area is 172 Å². The lowest BCUT2D eigenvalue weighted by molar-refractivity contribution is 0.0677. The number of nitrogens with zero attached hydrogens (tertiary/aromatic N) is 3. The largest absolute Gasteiger partial charge is 0.496 e. The number of likely N-dealkylation sites (tertiary alicyclic amines) is 2. The number of aromatic amines is 1. The highest BCUT2D eigenvalue weighted by Crippen LogP contribution is 2.41. The summed E-state index contributed by atoms with van der Waals surface area (Å²) in [6.45, 7) is 5.37. The smallest absolute Gasteiger partial charge is 0.271 e. The summed E-state index contributed by atoms with van der Waals surface area (Å²) in [7, 11) is 1.65. The fourth-order valence-electron chi connectivity index (χ4n) is 5.17. The Morgan fingerprint density at radius 2 is 2.10 bits per heavy atom. The van der Waals surface area contributed by atoms with Crippen LogP contribution in [0.5, 0.6) is 5.75 Å². The molecule has 0 unspecified atom stereocenters. The number of H-pyrrole nitrogens is 1. The maximum absolute atomic E-state index is 13.2. The number of para-hydroxylation sites is 1. The fraction of sp³-hybridized carbons (Fsp3) is 0.565. The summed E-state index contributed by atoms with van der Waals surface area (Å²) in [5, 5.41) is 7.34. The van der Waals surface area contributed by atoms with E-state index >= 15 is 0 Å². The van der Waals surface area contributed by atoms with Crippen molar-refractivity contribution in [1.29, 1.82) is 0 Å². The monoisotopic (exact) mass is 394 g/mol. The third-order valence-electron chi connectivity index (χ3n) is 6.87. The van der Waals surface area contributed by atoms with Gasteiger partial charge in [-0.05, 0) is 62.8 Å². The van der Waals surface area contributed by atoms with Crippen LogP contribution in [-0.4, -0.2) is 65.7 Å². The molecule has 1 aliphatic carbocycles. The SMILES string of the molecule is COc1ccccc1-c1cc(C(=O)N2CC[C@]3(CCCN(CC4CC4)C3)C2)[nH]n1. The lowest BCUT2D eigenvalue weighted by atomic mass is 9.79. The van der Waals surface area contributed by atoms with Crippen LogP contribution in [0.4, 0.5) is 0 Å². The zero-order valence-electron chi connectivity index (χ0n) is 17.2. The van der Waals surface area contributed by atoms with Crippen LogP contribution in [0, 0.1) is 11.3 Å². The molecule has 1 aromatic heterocycles. The molecule has 29 heavy (non-hydrogen) atoms. The first kappa shape index (κ1) is 18.7. The lowest BCUT2D eigenvalue weighted by Gasteiger charge is -2.40. The van der Waals surface area contributed by atoms with Crippen LogP contribution in [-0.2, 0) is 0 Å². The summed E-state index contributed by atoms with van der Waals surface area (Å²) in [6, 6.07) is 9.61. The van der Waals surface area contributed by atoms with Gasteiger partial charge in [0.15, 0.2) is 0 Å². The Morgan fingerprint density at radius 1 is 1.24 bits per heavy atom. The average molecular weight is 395 g/mol. The van der Waals surface area contributed by atoms with E-state index in [-0.39, 0.29) is 11.3 Å². The normalized spacial score (nSPS) is 24.9. The van der Waals surface area contributed by atoms with Gasteiger partial charge in [-0.2, -0.15) is 5.10 Å². The fourth-order valence-corrected chi connectivity index (χ4v) is 5.17. The molecule has 5 rings (SSSR count). The second-order valence-corrected chi connectivity index (χ2v) is 9.13. The number of piperidine rings is 1. The van der Waals surface area contributed by atoms with Gasteiger partial charge in [0.05, 0.1) is 12.8 Å². The number of benzene rings is 1. The molecule has 3 aliphatic rings. The average Bonchev–Trinajstić information content (AvgIpc) is 3.26. The standard InChI is InChI=1S/C23H30N4O2/c1-29-21-6-3-2-5-18(21)19-13-20(25-24-19)22(28)27-12-10-23(16-27)9-4-11-26(15-23)14-17-7-8-17/h2-3,5-6,13,17H,4,7-12,14-16H2,1H3,(H,24,25)/t23-/m0/s1. The van der Waals surface area contributed by atoms with Crippen LogP contribution < -0.4 is 4.74 Å². The molecule has 6 heteroatoms. The molecule has 2 aliphatic heterocycles. The first-order valence-electron chi connectivity index (χ1n) is 10.9. The number of amides is 1. The summed E-state index contributed by atoms with van der Waals surface area (Å²) < 4.78 is 5.43. The number of aromatic nitrogens is 2. The molecule has 1 saturated carbocycles. The van der Waals surface area contributed by atoms with Crippen molar-refractivity contribution in [3.63, 3.8) is 0 Å². The van der Waals surface area contributed by atoms with E-state index in [0.717, 1.165) is 49.0 Å². The van der Waals surface area contributed by atoms with Crippen LogP contribution in [0.3, 0.4) is 0 Å². The van der Waals surface area contributed by atoms with E-state index in [9.17, 15) is 4.79 Å². The van der Waals surface area contributed by atoms with Crippen molar-refractivity contribution in [2.24, 2.45) is 11.3 Å². The predicted octanol–water partition coefficient (Wildman–Crippen LogP) is 3.42. The maximum Gasteiger partial charge on any atom is 0.271 e. The number of methoxy groups -OCH3 is 1. The van der Waals surface area contributed by atoms with Crippen molar-refractivity contribution in [3.8, 4) is 17.0 Å². The van der Waals surface area contributed by atoms with Crippen molar-refractivity contribution in [2.75, 3.05) is 39.8 Å². The molecule has 3 heterocycles. The second kappa shape index (κ2) is 7.48. The van der Waals surface area contributed by atoms with Crippen molar-refractivity contribution in [3.05, 3.63) is 36.0 Å². The van der Waals surface area contributed by atoms with Gasteiger partial charge in [0, 0.05) is 37.2 Å². The highest BCUT2D eigenvalue weighted by atomic mass is 16.5. The predicted molar refractivity (Wildman–Crippen MR) is 112 cm³/mol. The molecule has 2 saturated heterocycles. The van der Waals surface area contributed by atoms with E-state index < -0.39 is 0 Å². The van der Waals surface area contributed by atoms with Gasteiger partial charge in [0.25, 0.3) is 5.91 Å². The molecule has 1 amide bonds. The Morgan fingerprint density at radius 3 is 2.93 bits per heavy atom. The van der Waals surface area contributed by atoms with Gasteiger partial charge in [-0.15, -0.1) is 0 Å². The van der Waals surface area contributed by atoms with E-state index in [1.54, 1.807) is 7.11 Å². The van der Waals surface area contributed by atoms with Gasteiger partial charge in [-0.3, -0.25) is 9.89 Å². The lowest BCUT2D eigenvalue weighted by Crippen LogP contribution is -2.46. The molecule has 154 valence electrons. The first-order chi connectivity index (χ1) is 14.2. The number of carbonyl (C=O) groups excluding carboxylic acids is 1. The van der Waals surface area contributed by atoms with Crippen LogP contribution >= 0.6 is 0 Å². The number of hydrogen-bond acceptors (Lipinski definition) is 4. The molecular formula is C23H30N4O2. The molecule has 1 aromatic carbocycles. The molecule has 3 fully saturated rings. The summed E-state index contributed by atoms with van der Waals surface area (Å²) in [5.41, 5.74) is 2.49. The highest BCUT2D eigenvalue weighted by molar-refractivity contribution is 5.93. The van der Waals surface area contributed by atoms with Crippen LogP contribution in [0.15, 0.2) is 30.3 Å². The van der Waals surface area contributed by atoms with Gasteiger partial charge < -0.3 is 14.5 Å². The first-order valence-corrected chi connectivity index (χ1v) is 10.9. The minimum Gasteiger partial charge on any atom is -0.496 e. The van der Waals surface area contributed by atoms with Crippen molar-refractivity contribution in [2.45, 2.75) is 32.1 Å². The van der Waals surface area contributed by atoms with Gasteiger partial charge in [0.2, 0.25) is 0 Å².